The minimum Gasteiger partial charge on any atom is -0.497 e. The van der Waals surface area contributed by atoms with E-state index >= 15 is 0 Å². The van der Waals surface area contributed by atoms with Crippen LogP contribution >= 0.6 is 0 Å². The summed E-state index contributed by atoms with van der Waals surface area (Å²) in [6.45, 7) is 0. The molecule has 2 aromatic carbocycles. The van der Waals surface area contributed by atoms with Crippen LogP contribution in [0.2, 0.25) is 0 Å². The molecule has 1 fully saturated rings. The van der Waals surface area contributed by atoms with Crippen LogP contribution in [0.1, 0.15) is 12.8 Å². The first-order chi connectivity index (χ1) is 11.5. The molecule has 0 atom stereocenters. The Balaban J connectivity index is 1.68. The molecule has 0 spiro atoms. The van der Waals surface area contributed by atoms with Crippen LogP contribution in [0, 0.1) is 11.2 Å². The fourth-order valence-electron chi connectivity index (χ4n) is 2.42. The summed E-state index contributed by atoms with van der Waals surface area (Å²) in [6, 6.07) is 12.5. The first kappa shape index (κ1) is 16.0. The fraction of sp³-hybridized carbons (Fsp3) is 0.222. The van der Waals surface area contributed by atoms with Crippen LogP contribution < -0.4 is 15.4 Å². The third kappa shape index (κ3) is 3.22. The van der Waals surface area contributed by atoms with Gasteiger partial charge in [0.2, 0.25) is 11.8 Å². The van der Waals surface area contributed by atoms with Crippen molar-refractivity contribution >= 4 is 23.2 Å². The van der Waals surface area contributed by atoms with Gasteiger partial charge in [0, 0.05) is 11.4 Å². The Morgan fingerprint density at radius 2 is 1.62 bits per heavy atom. The Morgan fingerprint density at radius 3 is 2.17 bits per heavy atom. The van der Waals surface area contributed by atoms with Crippen LogP contribution in [0.3, 0.4) is 0 Å². The number of anilines is 2. The van der Waals surface area contributed by atoms with Crippen LogP contribution in [0.15, 0.2) is 48.5 Å². The van der Waals surface area contributed by atoms with Gasteiger partial charge in [-0.1, -0.05) is 6.07 Å². The first-order valence-corrected chi connectivity index (χ1v) is 7.56. The number of hydrogen-bond donors (Lipinski definition) is 2. The van der Waals surface area contributed by atoms with E-state index in [2.05, 4.69) is 10.6 Å². The average molecular weight is 328 g/mol. The summed E-state index contributed by atoms with van der Waals surface area (Å²) in [5.74, 6) is -0.543. The van der Waals surface area contributed by atoms with Crippen LogP contribution in [0.5, 0.6) is 5.75 Å². The Labute approximate surface area is 138 Å². The highest BCUT2D eigenvalue weighted by atomic mass is 19.1. The van der Waals surface area contributed by atoms with Crippen molar-refractivity contribution in [2.24, 2.45) is 5.41 Å². The molecule has 0 heterocycles. The highest BCUT2D eigenvalue weighted by Crippen LogP contribution is 2.47. The number of amides is 2. The summed E-state index contributed by atoms with van der Waals surface area (Å²) >= 11 is 0. The molecule has 124 valence electrons. The molecule has 2 amide bonds. The van der Waals surface area contributed by atoms with Gasteiger partial charge in [-0.05, 0) is 55.3 Å². The maximum absolute atomic E-state index is 13.2. The Morgan fingerprint density at radius 1 is 1.00 bits per heavy atom. The zero-order valence-electron chi connectivity index (χ0n) is 13.1. The lowest BCUT2D eigenvalue weighted by atomic mass is 10.0. The smallest absolute Gasteiger partial charge is 0.240 e. The lowest BCUT2D eigenvalue weighted by Gasteiger charge is -2.15. The van der Waals surface area contributed by atoms with Crippen LogP contribution in [0.4, 0.5) is 15.8 Å². The van der Waals surface area contributed by atoms with Crippen LogP contribution in [-0.2, 0) is 9.59 Å². The number of halogens is 1. The van der Waals surface area contributed by atoms with E-state index < -0.39 is 17.1 Å². The number of rotatable bonds is 5. The van der Waals surface area contributed by atoms with Crippen molar-refractivity contribution < 1.29 is 18.7 Å². The largest absolute Gasteiger partial charge is 0.497 e. The minimum atomic E-state index is -1.09. The molecule has 2 N–H and O–H groups in total. The number of hydrogen-bond acceptors (Lipinski definition) is 3. The van der Waals surface area contributed by atoms with Gasteiger partial charge >= 0.3 is 0 Å². The molecule has 1 saturated carbocycles. The highest BCUT2D eigenvalue weighted by Gasteiger charge is 2.56. The number of methoxy groups -OCH3 is 1. The van der Waals surface area contributed by atoms with E-state index in [4.69, 9.17) is 4.74 Å². The molecule has 5 nitrogen and oxygen atoms in total. The molecule has 0 unspecified atom stereocenters. The van der Waals surface area contributed by atoms with E-state index in [1.54, 1.807) is 37.4 Å². The summed E-state index contributed by atoms with van der Waals surface area (Å²) in [4.78, 5) is 24.9. The van der Waals surface area contributed by atoms with Gasteiger partial charge < -0.3 is 15.4 Å². The third-order valence-electron chi connectivity index (χ3n) is 4.05. The van der Waals surface area contributed by atoms with Crippen molar-refractivity contribution in [1.29, 1.82) is 0 Å². The van der Waals surface area contributed by atoms with E-state index in [0.717, 1.165) is 0 Å². The second-order valence-electron chi connectivity index (χ2n) is 5.73. The molecular weight excluding hydrogens is 311 g/mol. The van der Waals surface area contributed by atoms with Crippen molar-refractivity contribution in [2.45, 2.75) is 12.8 Å². The quantitative estimate of drug-likeness (QED) is 0.828. The van der Waals surface area contributed by atoms with Gasteiger partial charge in [-0.3, -0.25) is 9.59 Å². The number of nitrogens with one attached hydrogen (secondary N) is 2. The normalized spacial score (nSPS) is 14.6. The standard InChI is InChI=1S/C18H17FN2O3/c1-24-15-7-5-13(6-8-15)20-16(22)18(9-10-18)17(23)21-14-4-2-3-12(19)11-14/h2-8,11H,9-10H2,1H3,(H,20,22)(H,21,23). The number of carbonyl (C=O) groups excluding carboxylic acids is 2. The monoisotopic (exact) mass is 328 g/mol. The molecular formula is C18H17FN2O3. The first-order valence-electron chi connectivity index (χ1n) is 7.56. The maximum atomic E-state index is 13.2. The van der Waals surface area contributed by atoms with Crippen molar-refractivity contribution in [3.8, 4) is 5.75 Å². The summed E-state index contributed by atoms with van der Waals surface area (Å²) in [6.07, 6.45) is 0.937. The topological polar surface area (TPSA) is 67.4 Å². The lowest BCUT2D eigenvalue weighted by molar-refractivity contribution is -0.131. The molecule has 0 aromatic heterocycles. The molecule has 0 bridgehead atoms. The van der Waals surface area contributed by atoms with Gasteiger partial charge in [0.1, 0.15) is 17.0 Å². The fourth-order valence-corrected chi connectivity index (χ4v) is 2.42. The molecule has 0 radical (unpaired) electrons. The van der Waals surface area contributed by atoms with E-state index in [9.17, 15) is 14.0 Å². The van der Waals surface area contributed by atoms with E-state index in [0.29, 0.717) is 30.0 Å². The molecule has 3 rings (SSSR count). The van der Waals surface area contributed by atoms with Crippen LogP contribution in [0.25, 0.3) is 0 Å². The third-order valence-corrected chi connectivity index (χ3v) is 4.05. The summed E-state index contributed by atoms with van der Waals surface area (Å²) in [5.41, 5.74) is -0.166. The van der Waals surface area contributed by atoms with Crippen molar-refractivity contribution in [1.82, 2.24) is 0 Å². The predicted molar refractivity (Wildman–Crippen MR) is 88.3 cm³/mol. The molecule has 6 heteroatoms. The Kier molecular flexibility index (Phi) is 4.20. The molecule has 0 aliphatic heterocycles. The van der Waals surface area contributed by atoms with Gasteiger partial charge in [0.25, 0.3) is 0 Å². The van der Waals surface area contributed by atoms with Gasteiger partial charge in [-0.15, -0.1) is 0 Å². The van der Waals surface area contributed by atoms with Crippen molar-refractivity contribution in [2.75, 3.05) is 17.7 Å². The van der Waals surface area contributed by atoms with E-state index in [1.165, 1.54) is 18.2 Å². The lowest BCUT2D eigenvalue weighted by Crippen LogP contribution is -2.35. The Hall–Kier alpha value is -2.89. The molecule has 1 aliphatic rings. The number of ether oxygens (including phenoxy) is 1. The zero-order chi connectivity index (χ0) is 17.2. The van der Waals surface area contributed by atoms with Crippen molar-refractivity contribution in [3.05, 3.63) is 54.3 Å². The molecule has 24 heavy (non-hydrogen) atoms. The number of carbonyl (C=O) groups is 2. The average Bonchev–Trinajstić information content (AvgIpc) is 3.37. The van der Waals surface area contributed by atoms with Gasteiger partial charge in [-0.25, -0.2) is 4.39 Å². The van der Waals surface area contributed by atoms with Gasteiger partial charge in [0.05, 0.1) is 7.11 Å². The van der Waals surface area contributed by atoms with Gasteiger partial charge in [-0.2, -0.15) is 0 Å². The number of benzene rings is 2. The van der Waals surface area contributed by atoms with Gasteiger partial charge in [0.15, 0.2) is 0 Å². The second kappa shape index (κ2) is 6.31. The van der Waals surface area contributed by atoms with Crippen molar-refractivity contribution in [3.63, 3.8) is 0 Å². The molecule has 2 aromatic rings. The molecule has 1 aliphatic carbocycles. The SMILES string of the molecule is COc1ccc(NC(=O)C2(C(=O)Nc3cccc(F)c3)CC2)cc1. The van der Waals surface area contributed by atoms with E-state index in [-0.39, 0.29) is 5.91 Å². The summed E-state index contributed by atoms with van der Waals surface area (Å²) < 4.78 is 18.3. The van der Waals surface area contributed by atoms with Crippen LogP contribution in [-0.4, -0.2) is 18.9 Å². The zero-order valence-corrected chi connectivity index (χ0v) is 13.1. The highest BCUT2D eigenvalue weighted by molar-refractivity contribution is 6.16. The maximum Gasteiger partial charge on any atom is 0.240 e. The summed E-state index contributed by atoms with van der Waals surface area (Å²) in [7, 11) is 1.56. The Bertz CT molecular complexity index is 770. The predicted octanol–water partition coefficient (Wildman–Crippen LogP) is 3.19. The van der Waals surface area contributed by atoms with E-state index in [1.807, 2.05) is 0 Å². The second-order valence-corrected chi connectivity index (χ2v) is 5.73. The summed E-state index contributed by atoms with van der Waals surface area (Å²) in [5, 5.41) is 5.36. The minimum absolute atomic E-state index is 0.337. The molecule has 0 saturated heterocycles.